The van der Waals surface area contributed by atoms with Crippen molar-refractivity contribution in [1.29, 1.82) is 5.26 Å². The van der Waals surface area contributed by atoms with Gasteiger partial charge in [0.05, 0.1) is 19.6 Å². The maximum absolute atomic E-state index is 11.0. The third-order valence-corrected chi connectivity index (χ3v) is 3.35. The average molecular weight is 245 g/mol. The van der Waals surface area contributed by atoms with E-state index in [0.29, 0.717) is 48.7 Å². The molecule has 1 N–H and O–H groups in total. The lowest BCUT2D eigenvalue weighted by Gasteiger charge is -2.13. The molecule has 0 saturated carbocycles. The molecule has 0 radical (unpaired) electrons. The maximum atomic E-state index is 11.0. The Bertz CT molecular complexity index is 551. The summed E-state index contributed by atoms with van der Waals surface area (Å²) in [7, 11) is 0. The van der Waals surface area contributed by atoms with Gasteiger partial charge >= 0.3 is 5.97 Å². The standard InChI is InChI=1S/C13H11NO4/c14-6-10-8-2-4-17-12(8)9(5-11(15)16)7-1-3-18-13(7)10/h1-5H2,(H,15,16). The molecular weight excluding hydrogens is 234 g/mol. The number of ether oxygens (including phenoxy) is 2. The molecule has 0 amide bonds. The van der Waals surface area contributed by atoms with Crippen LogP contribution in [0.3, 0.4) is 0 Å². The van der Waals surface area contributed by atoms with Crippen LogP contribution >= 0.6 is 0 Å². The molecule has 0 saturated heterocycles. The van der Waals surface area contributed by atoms with E-state index in [-0.39, 0.29) is 6.42 Å². The van der Waals surface area contributed by atoms with Crippen LogP contribution in [0, 0.1) is 11.3 Å². The number of carboxylic acids is 1. The van der Waals surface area contributed by atoms with Crippen molar-refractivity contribution in [2.24, 2.45) is 0 Å². The van der Waals surface area contributed by atoms with Gasteiger partial charge < -0.3 is 14.6 Å². The van der Waals surface area contributed by atoms with Gasteiger partial charge in [0.25, 0.3) is 0 Å². The predicted octanol–water partition coefficient (Wildman–Crippen LogP) is 1.06. The van der Waals surface area contributed by atoms with Crippen molar-refractivity contribution in [2.45, 2.75) is 19.3 Å². The zero-order valence-electron chi connectivity index (χ0n) is 9.65. The minimum atomic E-state index is -0.897. The molecule has 3 rings (SSSR count). The Hall–Kier alpha value is -2.22. The highest BCUT2D eigenvalue weighted by atomic mass is 16.5. The fourth-order valence-corrected chi connectivity index (χ4v) is 2.66. The molecule has 5 nitrogen and oxygen atoms in total. The highest BCUT2D eigenvalue weighted by Gasteiger charge is 2.32. The Morgan fingerprint density at radius 3 is 2.56 bits per heavy atom. The summed E-state index contributed by atoms with van der Waals surface area (Å²) >= 11 is 0. The van der Waals surface area contributed by atoms with Crippen LogP contribution in [0.4, 0.5) is 0 Å². The summed E-state index contributed by atoms with van der Waals surface area (Å²) in [6.45, 7) is 0.999. The first-order chi connectivity index (χ1) is 8.72. The van der Waals surface area contributed by atoms with E-state index in [4.69, 9.17) is 14.6 Å². The Balaban J connectivity index is 2.27. The molecule has 5 heteroatoms. The Morgan fingerprint density at radius 2 is 1.89 bits per heavy atom. The minimum Gasteiger partial charge on any atom is -0.493 e. The highest BCUT2D eigenvalue weighted by molar-refractivity contribution is 5.76. The van der Waals surface area contributed by atoms with Crippen LogP contribution < -0.4 is 9.47 Å². The van der Waals surface area contributed by atoms with E-state index >= 15 is 0 Å². The Labute approximate surface area is 104 Å². The number of nitrogens with zero attached hydrogens (tertiary/aromatic N) is 1. The molecule has 0 bridgehead atoms. The molecule has 0 spiro atoms. The zero-order valence-corrected chi connectivity index (χ0v) is 9.65. The topological polar surface area (TPSA) is 79.6 Å². The molecule has 0 fully saturated rings. The summed E-state index contributed by atoms with van der Waals surface area (Å²) in [5, 5.41) is 18.2. The van der Waals surface area contributed by atoms with Gasteiger partial charge in [-0.1, -0.05) is 0 Å². The minimum absolute atomic E-state index is 0.0836. The summed E-state index contributed by atoms with van der Waals surface area (Å²) in [6, 6.07) is 2.16. The summed E-state index contributed by atoms with van der Waals surface area (Å²) in [5.41, 5.74) is 2.83. The molecule has 0 aliphatic carbocycles. The molecule has 1 aromatic carbocycles. The van der Waals surface area contributed by atoms with Crippen LogP contribution in [0.15, 0.2) is 0 Å². The van der Waals surface area contributed by atoms with Gasteiger partial charge in [0.2, 0.25) is 0 Å². The van der Waals surface area contributed by atoms with Gasteiger partial charge in [0.15, 0.2) is 0 Å². The zero-order chi connectivity index (χ0) is 12.7. The van der Waals surface area contributed by atoms with Crippen LogP contribution in [0.2, 0.25) is 0 Å². The number of aliphatic carboxylic acids is 1. The lowest BCUT2D eigenvalue weighted by Crippen LogP contribution is -2.06. The van der Waals surface area contributed by atoms with Gasteiger partial charge in [-0.3, -0.25) is 4.79 Å². The van der Waals surface area contributed by atoms with Gasteiger partial charge in [-0.25, -0.2) is 0 Å². The quantitative estimate of drug-likeness (QED) is 0.842. The van der Waals surface area contributed by atoms with Crippen LogP contribution in [-0.4, -0.2) is 24.3 Å². The molecule has 0 atom stereocenters. The predicted molar refractivity (Wildman–Crippen MR) is 60.9 cm³/mol. The van der Waals surface area contributed by atoms with Crippen molar-refractivity contribution in [2.75, 3.05) is 13.2 Å². The lowest BCUT2D eigenvalue weighted by atomic mass is 9.93. The van der Waals surface area contributed by atoms with E-state index in [0.717, 1.165) is 11.1 Å². The van der Waals surface area contributed by atoms with Crippen molar-refractivity contribution in [3.05, 3.63) is 22.3 Å². The van der Waals surface area contributed by atoms with E-state index in [1.807, 2.05) is 0 Å². The first-order valence-corrected chi connectivity index (χ1v) is 5.80. The second-order valence-electron chi connectivity index (χ2n) is 4.35. The fourth-order valence-electron chi connectivity index (χ4n) is 2.66. The number of hydrogen-bond acceptors (Lipinski definition) is 4. The van der Waals surface area contributed by atoms with Crippen molar-refractivity contribution < 1.29 is 19.4 Å². The normalized spacial score (nSPS) is 15.3. The van der Waals surface area contributed by atoms with Crippen molar-refractivity contribution in [3.8, 4) is 17.6 Å². The molecule has 1 aromatic rings. The summed E-state index contributed by atoms with van der Waals surface area (Å²) < 4.78 is 11.0. The summed E-state index contributed by atoms with van der Waals surface area (Å²) in [4.78, 5) is 11.0. The van der Waals surface area contributed by atoms with Gasteiger partial charge in [-0.15, -0.1) is 0 Å². The number of fused-ring (bicyclic) bond motifs is 2. The molecule has 2 aliphatic rings. The number of rotatable bonds is 2. The van der Waals surface area contributed by atoms with Crippen LogP contribution in [0.1, 0.15) is 22.3 Å². The highest BCUT2D eigenvalue weighted by Crippen LogP contribution is 2.44. The molecule has 0 aromatic heterocycles. The van der Waals surface area contributed by atoms with Crippen molar-refractivity contribution in [3.63, 3.8) is 0 Å². The van der Waals surface area contributed by atoms with Crippen molar-refractivity contribution in [1.82, 2.24) is 0 Å². The number of hydrogen-bond donors (Lipinski definition) is 1. The Kier molecular flexibility index (Phi) is 2.37. The second kappa shape index (κ2) is 3.91. The van der Waals surface area contributed by atoms with Crippen LogP contribution in [0.25, 0.3) is 0 Å². The maximum Gasteiger partial charge on any atom is 0.307 e. The third-order valence-electron chi connectivity index (χ3n) is 3.35. The molecular formula is C13H11NO4. The van der Waals surface area contributed by atoms with Crippen LogP contribution in [-0.2, 0) is 24.1 Å². The molecule has 0 unspecified atom stereocenters. The SMILES string of the molecule is N#Cc1c2c(c(CC(=O)O)c3c1OCC3)OCC2. The lowest BCUT2D eigenvalue weighted by molar-refractivity contribution is -0.136. The van der Waals surface area contributed by atoms with E-state index in [2.05, 4.69) is 6.07 Å². The summed E-state index contributed by atoms with van der Waals surface area (Å²) in [5.74, 6) is 0.266. The largest absolute Gasteiger partial charge is 0.493 e. The number of carboxylic acid groups (broad SMARTS) is 1. The fraction of sp³-hybridized carbons (Fsp3) is 0.385. The van der Waals surface area contributed by atoms with Crippen molar-refractivity contribution >= 4 is 5.97 Å². The average Bonchev–Trinajstić information content (AvgIpc) is 2.96. The second-order valence-corrected chi connectivity index (χ2v) is 4.35. The molecule has 18 heavy (non-hydrogen) atoms. The molecule has 92 valence electrons. The van der Waals surface area contributed by atoms with E-state index in [1.165, 1.54) is 0 Å². The first-order valence-electron chi connectivity index (χ1n) is 5.80. The summed E-state index contributed by atoms with van der Waals surface area (Å²) in [6.07, 6.45) is 1.20. The number of carbonyl (C=O) groups is 1. The van der Waals surface area contributed by atoms with Gasteiger partial charge in [0.1, 0.15) is 23.1 Å². The number of nitriles is 1. The number of benzene rings is 1. The third kappa shape index (κ3) is 1.42. The molecule has 2 aliphatic heterocycles. The van der Waals surface area contributed by atoms with E-state index < -0.39 is 5.97 Å². The first kappa shape index (κ1) is 10.9. The Morgan fingerprint density at radius 1 is 1.22 bits per heavy atom. The van der Waals surface area contributed by atoms with Gasteiger partial charge in [-0.05, 0) is 0 Å². The van der Waals surface area contributed by atoms with Gasteiger partial charge in [0, 0.05) is 29.5 Å². The molecule has 2 heterocycles. The van der Waals surface area contributed by atoms with Gasteiger partial charge in [-0.2, -0.15) is 5.26 Å². The van der Waals surface area contributed by atoms with Crippen LogP contribution in [0.5, 0.6) is 11.5 Å². The smallest absolute Gasteiger partial charge is 0.307 e. The monoisotopic (exact) mass is 245 g/mol. The van der Waals surface area contributed by atoms with E-state index in [9.17, 15) is 10.1 Å². The van der Waals surface area contributed by atoms with E-state index in [1.54, 1.807) is 0 Å².